The smallest absolute Gasteiger partial charge is 0.404 e. The number of piperidine rings is 1. The number of nitrogens with two attached hydrogens (primary N) is 1. The Balaban J connectivity index is 1.82. The van der Waals surface area contributed by atoms with E-state index in [1.54, 1.807) is 0 Å². The van der Waals surface area contributed by atoms with Crippen LogP contribution in [0.15, 0.2) is 0 Å². The number of carbonyl (C=O) groups is 1. The van der Waals surface area contributed by atoms with Gasteiger partial charge in [0.25, 0.3) is 0 Å². The van der Waals surface area contributed by atoms with Crippen molar-refractivity contribution < 1.29 is 14.1 Å². The molecule has 0 aromatic rings. The standard InChI is InChI=1S/C21H39BN2O3/c1-7-16-14(4)12-15(5)21(6)19(16)26-22(27-21)17-10-8-9-11-24(17)20(25)18(23)13(2)3/h13-19H,7-12,23H2,1-6H3/t14-,15+,16?,17-,18-,19?,21-/m0/s1. The molecule has 2 aliphatic heterocycles. The van der Waals surface area contributed by atoms with Crippen LogP contribution in [0.4, 0.5) is 0 Å². The van der Waals surface area contributed by atoms with Crippen LogP contribution in [-0.2, 0) is 14.1 Å². The summed E-state index contributed by atoms with van der Waals surface area (Å²) in [5, 5.41) is 0. The third kappa shape index (κ3) is 3.69. The monoisotopic (exact) mass is 378 g/mol. The van der Waals surface area contributed by atoms with E-state index in [1.165, 1.54) is 6.42 Å². The lowest BCUT2D eigenvalue weighted by molar-refractivity contribution is -0.136. The van der Waals surface area contributed by atoms with Crippen molar-refractivity contribution in [3.05, 3.63) is 0 Å². The van der Waals surface area contributed by atoms with Crippen LogP contribution in [0.5, 0.6) is 0 Å². The quantitative estimate of drug-likeness (QED) is 0.763. The normalized spacial score (nSPS) is 41.0. The van der Waals surface area contributed by atoms with Gasteiger partial charge in [-0.15, -0.1) is 0 Å². The van der Waals surface area contributed by atoms with E-state index in [1.807, 2.05) is 18.7 Å². The maximum atomic E-state index is 13.0. The number of nitrogens with zero attached hydrogens (tertiary/aromatic N) is 1. The highest BCUT2D eigenvalue weighted by Gasteiger charge is 2.60. The van der Waals surface area contributed by atoms with Gasteiger partial charge < -0.3 is 19.9 Å². The van der Waals surface area contributed by atoms with Gasteiger partial charge in [0.05, 0.1) is 23.7 Å². The van der Waals surface area contributed by atoms with E-state index < -0.39 is 6.04 Å². The third-order valence-electron chi connectivity index (χ3n) is 7.66. The van der Waals surface area contributed by atoms with Crippen LogP contribution in [-0.4, -0.2) is 48.2 Å². The molecule has 3 aliphatic rings. The summed E-state index contributed by atoms with van der Waals surface area (Å²) in [7, 11) is -0.328. The number of fused-ring (bicyclic) bond motifs is 1. The Morgan fingerprint density at radius 1 is 1.33 bits per heavy atom. The Kier molecular flexibility index (Phi) is 6.29. The van der Waals surface area contributed by atoms with Gasteiger partial charge in [0.1, 0.15) is 0 Å². The molecule has 0 radical (unpaired) electrons. The van der Waals surface area contributed by atoms with E-state index in [4.69, 9.17) is 15.0 Å². The number of rotatable bonds is 4. The van der Waals surface area contributed by atoms with E-state index in [0.29, 0.717) is 17.8 Å². The van der Waals surface area contributed by atoms with Crippen molar-refractivity contribution in [1.82, 2.24) is 4.90 Å². The van der Waals surface area contributed by atoms with Crippen molar-refractivity contribution in [3.8, 4) is 0 Å². The van der Waals surface area contributed by atoms with Gasteiger partial charge in [-0.05, 0) is 49.9 Å². The molecular weight excluding hydrogens is 339 g/mol. The summed E-state index contributed by atoms with van der Waals surface area (Å²) in [6.07, 6.45) is 5.47. The summed E-state index contributed by atoms with van der Waals surface area (Å²) in [4.78, 5) is 15.0. The summed E-state index contributed by atoms with van der Waals surface area (Å²) in [5.41, 5.74) is 5.95. The Morgan fingerprint density at radius 3 is 2.67 bits per heavy atom. The average Bonchev–Trinajstić information content (AvgIpc) is 3.00. The second kappa shape index (κ2) is 8.04. The Bertz CT molecular complexity index is 546. The molecule has 0 bridgehead atoms. The van der Waals surface area contributed by atoms with Crippen LogP contribution in [0.2, 0.25) is 0 Å². The summed E-state index contributed by atoms with van der Waals surface area (Å²) in [6, 6.07) is -0.452. The first-order valence-corrected chi connectivity index (χ1v) is 11.1. The molecule has 2 heterocycles. The second-order valence-electron chi connectivity index (χ2n) is 9.78. The van der Waals surface area contributed by atoms with E-state index >= 15 is 0 Å². The molecule has 27 heavy (non-hydrogen) atoms. The molecule has 1 amide bonds. The molecule has 5 nitrogen and oxygen atoms in total. The van der Waals surface area contributed by atoms with Crippen molar-refractivity contribution in [3.63, 3.8) is 0 Å². The zero-order valence-electron chi connectivity index (χ0n) is 18.1. The molecule has 1 saturated carbocycles. The molecule has 154 valence electrons. The fourth-order valence-electron chi connectivity index (χ4n) is 5.59. The molecule has 0 aromatic carbocycles. The first kappa shape index (κ1) is 21.1. The fraction of sp³-hybridized carbons (Fsp3) is 0.952. The molecule has 2 unspecified atom stereocenters. The Labute approximate surface area is 165 Å². The van der Waals surface area contributed by atoms with Crippen LogP contribution < -0.4 is 5.73 Å². The van der Waals surface area contributed by atoms with Gasteiger partial charge in [-0.3, -0.25) is 4.79 Å². The highest BCUT2D eigenvalue weighted by molar-refractivity contribution is 6.47. The molecule has 1 aliphatic carbocycles. The average molecular weight is 378 g/mol. The number of hydrogen-bond acceptors (Lipinski definition) is 4. The van der Waals surface area contributed by atoms with Crippen LogP contribution in [0.25, 0.3) is 0 Å². The minimum atomic E-state index is -0.452. The summed E-state index contributed by atoms with van der Waals surface area (Å²) in [6.45, 7) is 13.9. The molecule has 3 fully saturated rings. The second-order valence-corrected chi connectivity index (χ2v) is 9.78. The Hall–Kier alpha value is -0.585. The van der Waals surface area contributed by atoms with Crippen molar-refractivity contribution >= 4 is 13.0 Å². The first-order valence-electron chi connectivity index (χ1n) is 11.1. The van der Waals surface area contributed by atoms with Gasteiger partial charge in [-0.25, -0.2) is 0 Å². The van der Waals surface area contributed by atoms with Crippen LogP contribution >= 0.6 is 0 Å². The zero-order valence-corrected chi connectivity index (χ0v) is 18.1. The van der Waals surface area contributed by atoms with Crippen molar-refractivity contribution in [2.75, 3.05) is 6.54 Å². The predicted molar refractivity (Wildman–Crippen MR) is 109 cm³/mol. The van der Waals surface area contributed by atoms with Crippen molar-refractivity contribution in [2.45, 2.75) is 97.3 Å². The molecule has 6 heteroatoms. The molecule has 0 aromatic heterocycles. The van der Waals surface area contributed by atoms with Gasteiger partial charge >= 0.3 is 7.12 Å². The lowest BCUT2D eigenvalue weighted by atomic mass is 9.65. The molecule has 0 spiro atoms. The van der Waals surface area contributed by atoms with Crippen LogP contribution in [0, 0.1) is 23.7 Å². The zero-order chi connectivity index (χ0) is 19.9. The van der Waals surface area contributed by atoms with Gasteiger partial charge in [0.15, 0.2) is 0 Å². The number of carbonyl (C=O) groups excluding carboxylic acids is 1. The molecule has 2 N–H and O–H groups in total. The van der Waals surface area contributed by atoms with Crippen molar-refractivity contribution in [2.24, 2.45) is 29.4 Å². The lowest BCUT2D eigenvalue weighted by Gasteiger charge is -2.47. The van der Waals surface area contributed by atoms with Gasteiger partial charge in [0, 0.05) is 6.54 Å². The summed E-state index contributed by atoms with van der Waals surface area (Å²) in [5.74, 6) is 1.78. The van der Waals surface area contributed by atoms with E-state index in [0.717, 1.165) is 32.2 Å². The third-order valence-corrected chi connectivity index (χ3v) is 7.66. The minimum absolute atomic E-state index is 0.0153. The molecule has 7 atom stereocenters. The number of likely N-dealkylation sites (tertiary alicyclic amines) is 1. The van der Waals surface area contributed by atoms with Crippen molar-refractivity contribution in [1.29, 1.82) is 0 Å². The predicted octanol–water partition coefficient (Wildman–Crippen LogP) is 3.25. The van der Waals surface area contributed by atoms with Gasteiger partial charge in [-0.1, -0.05) is 47.5 Å². The highest BCUT2D eigenvalue weighted by atomic mass is 16.7. The summed E-state index contributed by atoms with van der Waals surface area (Å²) < 4.78 is 13.3. The highest BCUT2D eigenvalue weighted by Crippen LogP contribution is 2.50. The number of amides is 1. The van der Waals surface area contributed by atoms with E-state index in [9.17, 15) is 4.79 Å². The first-order chi connectivity index (χ1) is 12.7. The molecule has 3 rings (SSSR count). The van der Waals surface area contributed by atoms with Gasteiger partial charge in [0.2, 0.25) is 5.91 Å². The maximum Gasteiger partial charge on any atom is 0.481 e. The number of hydrogen-bond donors (Lipinski definition) is 1. The maximum absolute atomic E-state index is 13.0. The van der Waals surface area contributed by atoms with Crippen LogP contribution in [0.3, 0.4) is 0 Å². The van der Waals surface area contributed by atoms with Gasteiger partial charge in [-0.2, -0.15) is 0 Å². The molecule has 2 saturated heterocycles. The minimum Gasteiger partial charge on any atom is -0.404 e. The fourth-order valence-corrected chi connectivity index (χ4v) is 5.59. The molecular formula is C21H39BN2O3. The topological polar surface area (TPSA) is 64.8 Å². The van der Waals surface area contributed by atoms with E-state index in [-0.39, 0.29) is 36.6 Å². The lowest BCUT2D eigenvalue weighted by Crippen LogP contribution is -2.58. The largest absolute Gasteiger partial charge is 0.481 e. The SMILES string of the molecule is CCC1C2OB([C@@H]3CCCCN3C(=O)[C@@H](N)C(C)C)O[C@@]2(C)[C@H](C)C[C@@H]1C. The van der Waals surface area contributed by atoms with E-state index in [2.05, 4.69) is 27.7 Å². The Morgan fingerprint density at radius 2 is 2.04 bits per heavy atom. The summed E-state index contributed by atoms with van der Waals surface area (Å²) >= 11 is 0. The van der Waals surface area contributed by atoms with Crippen LogP contribution in [0.1, 0.15) is 73.6 Å².